The molecule has 0 spiro atoms. The Morgan fingerprint density at radius 3 is 1.95 bits per heavy atom. The van der Waals surface area contributed by atoms with Crippen LogP contribution in [0.5, 0.6) is 0 Å². The Kier molecular flexibility index (Phi) is 12.3. The van der Waals surface area contributed by atoms with Gasteiger partial charge in [-0.1, -0.05) is 80.6 Å². The van der Waals surface area contributed by atoms with Crippen LogP contribution in [-0.4, -0.2) is 107 Å². The van der Waals surface area contributed by atoms with Crippen LogP contribution in [0.15, 0.2) is 102 Å². The van der Waals surface area contributed by atoms with E-state index in [-0.39, 0.29) is 29.7 Å². The molecule has 1 amide bonds. The van der Waals surface area contributed by atoms with Gasteiger partial charge in [-0.25, -0.2) is 9.59 Å². The summed E-state index contributed by atoms with van der Waals surface area (Å²) in [6.07, 6.45) is -9.71. The van der Waals surface area contributed by atoms with E-state index in [0.29, 0.717) is 11.1 Å². The van der Waals surface area contributed by atoms with Gasteiger partial charge in [0.2, 0.25) is 0 Å². The maximum atomic E-state index is 15.6. The topological polar surface area (TPSA) is 210 Å². The Bertz CT molecular complexity index is 2300. The molecule has 3 unspecified atom stereocenters. The van der Waals surface area contributed by atoms with Crippen LogP contribution in [0, 0.1) is 16.7 Å². The molecule has 15 nitrogen and oxygen atoms in total. The third kappa shape index (κ3) is 7.64. The predicted octanol–water partition coefficient (Wildman–Crippen LogP) is 4.39. The number of hydrogen-bond acceptors (Lipinski definition) is 14. The number of fused-ring (bicyclic) bond motifs is 5. The van der Waals surface area contributed by atoms with Crippen molar-refractivity contribution < 1.29 is 67.4 Å². The summed E-state index contributed by atoms with van der Waals surface area (Å²) < 4.78 is 36.4. The summed E-state index contributed by atoms with van der Waals surface area (Å²) in [6.45, 7) is 8.16. The van der Waals surface area contributed by atoms with E-state index < -0.39 is 113 Å². The first-order valence-corrected chi connectivity index (χ1v) is 20.9. The van der Waals surface area contributed by atoms with Crippen molar-refractivity contribution in [2.24, 2.45) is 16.7 Å². The van der Waals surface area contributed by atoms with Crippen molar-refractivity contribution in [1.29, 1.82) is 0 Å². The highest BCUT2D eigenvalue weighted by Crippen LogP contribution is 2.64. The highest BCUT2D eigenvalue weighted by atomic mass is 16.6. The minimum Gasteiger partial charge on any atom is -0.456 e. The number of carbonyl (C=O) groups is 6. The van der Waals surface area contributed by atoms with Gasteiger partial charge in [-0.2, -0.15) is 0 Å². The van der Waals surface area contributed by atoms with Gasteiger partial charge in [0.25, 0.3) is 5.91 Å². The lowest BCUT2D eigenvalue weighted by atomic mass is 9.44. The number of carbonyl (C=O) groups excluding carboxylic acids is 6. The molecule has 2 saturated carbocycles. The first-order valence-electron chi connectivity index (χ1n) is 20.9. The molecule has 11 atom stereocenters. The van der Waals surface area contributed by atoms with Crippen molar-refractivity contribution in [3.8, 4) is 0 Å². The molecule has 3 N–H and O–H groups in total. The zero-order valence-corrected chi connectivity index (χ0v) is 36.2. The Labute approximate surface area is 365 Å². The van der Waals surface area contributed by atoms with Crippen molar-refractivity contribution in [1.82, 2.24) is 5.32 Å². The monoisotopic (exact) mass is 867 g/mol. The van der Waals surface area contributed by atoms with Crippen LogP contribution in [0.2, 0.25) is 0 Å². The lowest BCUT2D eigenvalue weighted by Gasteiger charge is -2.67. The number of Topliss-reactive ketones (excluding diaryl/α,β-unsaturated/α-hetero) is 1. The molecule has 63 heavy (non-hydrogen) atoms. The second-order valence-corrected chi connectivity index (χ2v) is 17.6. The van der Waals surface area contributed by atoms with E-state index in [2.05, 4.69) is 5.32 Å². The lowest BCUT2D eigenvalue weighted by Crippen LogP contribution is -2.82. The number of ether oxygens (including phenoxy) is 6. The lowest BCUT2D eigenvalue weighted by molar-refractivity contribution is -0.346. The van der Waals surface area contributed by atoms with Crippen LogP contribution < -0.4 is 5.32 Å². The summed E-state index contributed by atoms with van der Waals surface area (Å²) in [5.74, 6) is -6.38. The first kappa shape index (κ1) is 45.3. The fourth-order valence-corrected chi connectivity index (χ4v) is 10.4. The van der Waals surface area contributed by atoms with E-state index in [4.69, 9.17) is 28.4 Å². The second kappa shape index (κ2) is 17.1. The van der Waals surface area contributed by atoms with E-state index in [1.54, 1.807) is 99.6 Å². The van der Waals surface area contributed by atoms with E-state index in [9.17, 15) is 34.2 Å². The minimum absolute atomic E-state index is 0.0429. The molecular weight excluding hydrogens is 815 g/mol. The molecule has 7 rings (SSSR count). The van der Waals surface area contributed by atoms with Gasteiger partial charge in [0, 0.05) is 44.8 Å². The van der Waals surface area contributed by atoms with Crippen molar-refractivity contribution in [3.05, 3.63) is 119 Å². The van der Waals surface area contributed by atoms with E-state index in [1.165, 1.54) is 33.1 Å². The molecule has 3 aromatic carbocycles. The number of nitrogens with one attached hydrogen (secondary N) is 1. The first-order chi connectivity index (χ1) is 29.8. The van der Waals surface area contributed by atoms with E-state index in [1.807, 2.05) is 0 Å². The van der Waals surface area contributed by atoms with Crippen LogP contribution >= 0.6 is 0 Å². The minimum atomic E-state index is -2.35. The summed E-state index contributed by atoms with van der Waals surface area (Å²) in [5.41, 5.74) is -6.58. The van der Waals surface area contributed by atoms with Gasteiger partial charge in [0.15, 0.2) is 23.6 Å². The summed E-state index contributed by atoms with van der Waals surface area (Å²) in [7, 11) is 1.28. The SMILES string of the molecule is CO[C@@H](C(=O)OC1C[C@@]2(O)[C@@H](OC(=O)c3ccccc3)C3[C@](C)(C(=O)[C@H](OC(C)=O)C(=C1C)C2(C)C)[C@@H](O)C[C@H]1OC[C@@]31OC(C)=O)C(NC(=O)c1ccccc1)c1ccccc1. The molecule has 1 saturated heterocycles. The normalized spacial score (nSPS) is 31.5. The van der Waals surface area contributed by atoms with Crippen LogP contribution in [0.3, 0.4) is 0 Å². The molecule has 1 heterocycles. The Morgan fingerprint density at radius 2 is 1.41 bits per heavy atom. The number of rotatable bonds is 11. The Hall–Kier alpha value is -5.74. The number of ketones is 1. The summed E-state index contributed by atoms with van der Waals surface area (Å²) >= 11 is 0. The quantitative estimate of drug-likeness (QED) is 0.139. The molecule has 3 fully saturated rings. The molecule has 3 aromatic rings. The predicted molar refractivity (Wildman–Crippen MR) is 222 cm³/mol. The molecule has 2 bridgehead atoms. The molecule has 15 heteroatoms. The molecular formula is C48H53NO14. The highest BCUT2D eigenvalue weighted by molar-refractivity contribution is 5.96. The van der Waals surface area contributed by atoms with Gasteiger partial charge in [-0.05, 0) is 54.8 Å². The van der Waals surface area contributed by atoms with E-state index in [0.717, 1.165) is 6.92 Å². The molecule has 0 aromatic heterocycles. The number of amides is 1. The van der Waals surface area contributed by atoms with Crippen LogP contribution in [-0.2, 0) is 47.6 Å². The average molecular weight is 868 g/mol. The van der Waals surface area contributed by atoms with Crippen molar-refractivity contribution in [3.63, 3.8) is 0 Å². The van der Waals surface area contributed by atoms with Gasteiger partial charge < -0.3 is 44.0 Å². The highest BCUT2D eigenvalue weighted by Gasteiger charge is 2.78. The van der Waals surface area contributed by atoms with Crippen molar-refractivity contribution >= 4 is 35.6 Å². The zero-order chi connectivity index (χ0) is 45.6. The maximum absolute atomic E-state index is 15.6. The maximum Gasteiger partial charge on any atom is 0.338 e. The van der Waals surface area contributed by atoms with Gasteiger partial charge in [-0.3, -0.25) is 19.2 Å². The number of aliphatic hydroxyl groups excluding tert-OH is 1. The van der Waals surface area contributed by atoms with E-state index >= 15 is 4.79 Å². The van der Waals surface area contributed by atoms with Gasteiger partial charge in [0.05, 0.1) is 35.6 Å². The Morgan fingerprint density at radius 1 is 0.825 bits per heavy atom. The standard InChI is InChI=1S/C48H53NO14/c1-26-32(61-44(56)38(58-7)36(29-17-11-8-12-18-29)49-42(54)30-19-13-9-14-20-30)24-48(57)41(62-43(55)31-21-15-10-16-22-31)39-46(6,33(52)23-34-47(39,25-59-34)63-28(3)51)40(53)37(60-27(2)50)35(26)45(48,4)5/h8-22,32-34,36-39,41,52,57H,23-25H2,1-7H3,(H,49,54)/t32?,33-,34+,36?,37+,38+,39?,41-,46+,47-,48+/m0/s1. The third-order valence-electron chi connectivity index (χ3n) is 13.7. The van der Waals surface area contributed by atoms with Crippen molar-refractivity contribution in [2.45, 2.75) is 108 Å². The fraction of sp³-hybridized carbons (Fsp3) is 0.458. The largest absolute Gasteiger partial charge is 0.456 e. The molecule has 334 valence electrons. The summed E-state index contributed by atoms with van der Waals surface area (Å²) in [5, 5.41) is 28.8. The number of aliphatic hydroxyl groups is 2. The number of hydrogen-bond donors (Lipinski definition) is 3. The smallest absolute Gasteiger partial charge is 0.338 e. The molecule has 0 radical (unpaired) electrons. The van der Waals surface area contributed by atoms with Gasteiger partial charge in [0.1, 0.15) is 23.9 Å². The van der Waals surface area contributed by atoms with Gasteiger partial charge >= 0.3 is 23.9 Å². The zero-order valence-electron chi connectivity index (χ0n) is 36.2. The van der Waals surface area contributed by atoms with Crippen LogP contribution in [0.25, 0.3) is 0 Å². The summed E-state index contributed by atoms with van der Waals surface area (Å²) in [6, 6.07) is 23.9. The Balaban J connectivity index is 1.40. The van der Waals surface area contributed by atoms with Gasteiger partial charge in [-0.15, -0.1) is 0 Å². The third-order valence-corrected chi connectivity index (χ3v) is 13.7. The molecule has 1 aliphatic heterocycles. The molecule has 4 aliphatic rings. The average Bonchev–Trinajstić information content (AvgIpc) is 3.25. The molecule has 3 aliphatic carbocycles. The fourth-order valence-electron chi connectivity index (χ4n) is 10.4. The second-order valence-electron chi connectivity index (χ2n) is 17.6. The number of esters is 4. The van der Waals surface area contributed by atoms with Crippen LogP contribution in [0.4, 0.5) is 0 Å². The number of benzene rings is 3. The summed E-state index contributed by atoms with van der Waals surface area (Å²) in [4.78, 5) is 84.2. The number of methoxy groups -OCH3 is 1. The van der Waals surface area contributed by atoms with Crippen molar-refractivity contribution in [2.75, 3.05) is 13.7 Å². The van der Waals surface area contributed by atoms with Crippen LogP contribution in [0.1, 0.15) is 86.7 Å².